The minimum absolute atomic E-state index is 0.385. The molecule has 1 atom stereocenters. The van der Waals surface area contributed by atoms with Gasteiger partial charge in [0.05, 0.1) is 17.5 Å². The molecule has 124 valence electrons. The Morgan fingerprint density at radius 1 is 1.52 bits per heavy atom. The Hall–Kier alpha value is -1.73. The number of primary amides is 1. The molecule has 0 radical (unpaired) electrons. The van der Waals surface area contributed by atoms with Crippen LogP contribution in [-0.2, 0) is 19.5 Å². The summed E-state index contributed by atoms with van der Waals surface area (Å²) >= 11 is 1.77. The van der Waals surface area contributed by atoms with Crippen molar-refractivity contribution >= 4 is 17.2 Å². The molecule has 6 nitrogen and oxygen atoms in total. The topological polar surface area (TPSA) is 85.8 Å². The predicted molar refractivity (Wildman–Crippen MR) is 90.5 cm³/mol. The van der Waals surface area contributed by atoms with Crippen LogP contribution in [0.4, 0.5) is 0 Å². The largest absolute Gasteiger partial charge is 0.365 e. The summed E-state index contributed by atoms with van der Waals surface area (Å²) in [6.45, 7) is 6.94. The summed E-state index contributed by atoms with van der Waals surface area (Å²) in [6.07, 6.45) is 5.48. The summed E-state index contributed by atoms with van der Waals surface area (Å²) in [5.41, 5.74) is 6.96. The Morgan fingerprint density at radius 3 is 3.04 bits per heavy atom. The van der Waals surface area contributed by atoms with Crippen molar-refractivity contribution in [2.45, 2.75) is 45.7 Å². The minimum atomic E-state index is -0.385. The van der Waals surface area contributed by atoms with Crippen LogP contribution in [0.5, 0.6) is 0 Å². The third-order valence-corrected chi connectivity index (χ3v) is 5.59. The van der Waals surface area contributed by atoms with Crippen molar-refractivity contribution in [2.75, 3.05) is 6.54 Å². The van der Waals surface area contributed by atoms with Crippen LogP contribution in [0.2, 0.25) is 0 Å². The molecule has 3 N–H and O–H groups in total. The number of nitrogens with zero attached hydrogens (tertiary/aromatic N) is 3. The van der Waals surface area contributed by atoms with Gasteiger partial charge >= 0.3 is 0 Å². The van der Waals surface area contributed by atoms with Crippen molar-refractivity contribution in [1.29, 1.82) is 0 Å². The number of nitrogens with two attached hydrogens (primary N) is 1. The van der Waals surface area contributed by atoms with Crippen LogP contribution in [0.15, 0.2) is 12.4 Å². The van der Waals surface area contributed by atoms with Gasteiger partial charge in [-0.25, -0.2) is 4.98 Å². The lowest BCUT2D eigenvalue weighted by Crippen LogP contribution is -2.30. The fraction of sp³-hybridized carbons (Fsp3) is 0.562. The number of rotatable bonds is 6. The highest BCUT2D eigenvalue weighted by Gasteiger charge is 2.24. The lowest BCUT2D eigenvalue weighted by Gasteiger charge is -2.24. The van der Waals surface area contributed by atoms with Gasteiger partial charge in [0, 0.05) is 24.2 Å². The van der Waals surface area contributed by atoms with Crippen LogP contribution in [0.25, 0.3) is 0 Å². The second kappa shape index (κ2) is 6.80. The number of thiazole rings is 1. The highest BCUT2D eigenvalue weighted by Crippen LogP contribution is 2.23. The number of amides is 1. The van der Waals surface area contributed by atoms with Crippen molar-refractivity contribution < 1.29 is 4.79 Å². The van der Waals surface area contributed by atoms with Crippen LogP contribution in [-0.4, -0.2) is 27.2 Å². The second-order valence-electron chi connectivity index (χ2n) is 6.39. The molecule has 0 bridgehead atoms. The second-order valence-corrected chi connectivity index (χ2v) is 7.54. The predicted octanol–water partition coefficient (Wildman–Crippen LogP) is 1.91. The number of fused-ring (bicyclic) bond motifs is 1. The highest BCUT2D eigenvalue weighted by atomic mass is 32.1. The molecule has 3 rings (SSSR count). The van der Waals surface area contributed by atoms with Crippen molar-refractivity contribution in [1.82, 2.24) is 20.1 Å². The van der Waals surface area contributed by atoms with E-state index < -0.39 is 0 Å². The molecule has 0 spiro atoms. The number of hydrogen-bond acceptors (Lipinski definition) is 5. The molecule has 3 heterocycles. The van der Waals surface area contributed by atoms with E-state index in [9.17, 15) is 4.79 Å². The highest BCUT2D eigenvalue weighted by molar-refractivity contribution is 7.11. The SMILES string of the molecule is CC(C)c1cnc(CNC[C@H]2CCn3ncc(C(N)=O)c3C2)s1. The molecule has 0 fully saturated rings. The normalized spacial score (nSPS) is 17.4. The molecule has 0 aromatic carbocycles. The fourth-order valence-electron chi connectivity index (χ4n) is 2.94. The molecule has 2 aromatic heterocycles. The van der Waals surface area contributed by atoms with E-state index in [1.54, 1.807) is 17.5 Å². The maximum atomic E-state index is 11.4. The molecule has 0 aliphatic carbocycles. The van der Waals surface area contributed by atoms with Crippen molar-refractivity contribution in [3.8, 4) is 0 Å². The van der Waals surface area contributed by atoms with E-state index in [4.69, 9.17) is 5.73 Å². The summed E-state index contributed by atoms with van der Waals surface area (Å²) in [4.78, 5) is 17.2. The number of aryl methyl sites for hydroxylation is 1. The fourth-order valence-corrected chi connectivity index (χ4v) is 3.83. The average Bonchev–Trinajstić information content (AvgIpc) is 3.13. The minimum Gasteiger partial charge on any atom is -0.365 e. The Kier molecular flexibility index (Phi) is 4.77. The molecule has 0 unspecified atom stereocenters. The van der Waals surface area contributed by atoms with E-state index in [0.29, 0.717) is 17.4 Å². The van der Waals surface area contributed by atoms with Crippen LogP contribution in [0.3, 0.4) is 0 Å². The van der Waals surface area contributed by atoms with Crippen molar-refractivity contribution in [2.24, 2.45) is 11.7 Å². The number of aromatic nitrogens is 3. The standard InChI is InChI=1S/C16H23N5OS/c1-10(2)14-8-19-15(23-14)9-18-6-11-3-4-21-13(5-11)12(7-20-21)16(17)22/h7-8,10-11,18H,3-6,9H2,1-2H3,(H2,17,22)/t11-/m0/s1. The number of carbonyl (C=O) groups excluding carboxylic acids is 1. The summed E-state index contributed by atoms with van der Waals surface area (Å²) in [7, 11) is 0. The van der Waals surface area contributed by atoms with Gasteiger partial charge in [0.2, 0.25) is 0 Å². The van der Waals surface area contributed by atoms with Crippen LogP contribution < -0.4 is 11.1 Å². The molecule has 2 aromatic rings. The van der Waals surface area contributed by atoms with E-state index in [-0.39, 0.29) is 5.91 Å². The van der Waals surface area contributed by atoms with E-state index in [1.807, 2.05) is 10.9 Å². The van der Waals surface area contributed by atoms with Gasteiger partial charge in [-0.15, -0.1) is 11.3 Å². The monoisotopic (exact) mass is 333 g/mol. The quantitative estimate of drug-likeness (QED) is 0.845. The van der Waals surface area contributed by atoms with Crippen LogP contribution in [0, 0.1) is 5.92 Å². The van der Waals surface area contributed by atoms with Crippen LogP contribution >= 0.6 is 11.3 Å². The van der Waals surface area contributed by atoms with E-state index in [2.05, 4.69) is 29.2 Å². The van der Waals surface area contributed by atoms with E-state index >= 15 is 0 Å². The van der Waals surface area contributed by atoms with Gasteiger partial charge in [0.15, 0.2) is 0 Å². The third kappa shape index (κ3) is 3.61. The molecule has 1 aliphatic heterocycles. The zero-order chi connectivity index (χ0) is 16.4. The zero-order valence-corrected chi connectivity index (χ0v) is 14.4. The maximum absolute atomic E-state index is 11.4. The lowest BCUT2D eigenvalue weighted by molar-refractivity contribution is 0.0998. The molecule has 0 saturated carbocycles. The Balaban J connectivity index is 1.53. The molecule has 1 aliphatic rings. The van der Waals surface area contributed by atoms with E-state index in [1.165, 1.54) is 4.88 Å². The molecule has 23 heavy (non-hydrogen) atoms. The summed E-state index contributed by atoms with van der Waals surface area (Å²) in [5, 5.41) is 8.88. The summed E-state index contributed by atoms with van der Waals surface area (Å²) in [6, 6.07) is 0. The smallest absolute Gasteiger partial charge is 0.252 e. The first-order chi connectivity index (χ1) is 11.0. The van der Waals surface area contributed by atoms with Crippen LogP contribution in [0.1, 0.15) is 52.1 Å². The number of hydrogen-bond donors (Lipinski definition) is 2. The average molecular weight is 333 g/mol. The summed E-state index contributed by atoms with van der Waals surface area (Å²) in [5.74, 6) is 0.651. The van der Waals surface area contributed by atoms with Gasteiger partial charge in [-0.05, 0) is 31.2 Å². The maximum Gasteiger partial charge on any atom is 0.252 e. The third-order valence-electron chi connectivity index (χ3n) is 4.30. The number of carbonyl (C=O) groups is 1. The Morgan fingerprint density at radius 2 is 2.35 bits per heavy atom. The number of nitrogens with one attached hydrogen (secondary N) is 1. The molecular weight excluding hydrogens is 310 g/mol. The first-order valence-corrected chi connectivity index (χ1v) is 8.86. The van der Waals surface area contributed by atoms with E-state index in [0.717, 1.165) is 43.2 Å². The molecule has 0 saturated heterocycles. The first-order valence-electron chi connectivity index (χ1n) is 8.04. The van der Waals surface area contributed by atoms with Crippen molar-refractivity contribution in [3.05, 3.63) is 33.5 Å². The first kappa shape index (κ1) is 16.1. The van der Waals surface area contributed by atoms with Gasteiger partial charge in [-0.2, -0.15) is 5.10 Å². The van der Waals surface area contributed by atoms with Gasteiger partial charge in [-0.3, -0.25) is 9.48 Å². The molecule has 7 heteroatoms. The summed E-state index contributed by atoms with van der Waals surface area (Å²) < 4.78 is 1.91. The Bertz CT molecular complexity index is 690. The Labute approximate surface area is 140 Å². The molecular formula is C16H23N5OS. The van der Waals surface area contributed by atoms with Gasteiger partial charge < -0.3 is 11.1 Å². The zero-order valence-electron chi connectivity index (χ0n) is 13.6. The van der Waals surface area contributed by atoms with Gasteiger partial charge in [0.25, 0.3) is 5.91 Å². The van der Waals surface area contributed by atoms with Gasteiger partial charge in [-0.1, -0.05) is 13.8 Å². The van der Waals surface area contributed by atoms with Gasteiger partial charge in [0.1, 0.15) is 5.01 Å². The lowest BCUT2D eigenvalue weighted by atomic mass is 9.94. The molecule has 1 amide bonds. The van der Waals surface area contributed by atoms with Crippen molar-refractivity contribution in [3.63, 3.8) is 0 Å².